The highest BCUT2D eigenvalue weighted by Crippen LogP contribution is 2.44. The van der Waals surface area contributed by atoms with E-state index in [4.69, 9.17) is 21.1 Å². The minimum atomic E-state index is -2.35. The summed E-state index contributed by atoms with van der Waals surface area (Å²) < 4.78 is 11.3. The number of hydrogen-bond acceptors (Lipinski definition) is 8. The number of unbranched alkanes of at least 4 members (excludes halogenated alkanes) is 4. The molecule has 0 bridgehead atoms. The highest BCUT2D eigenvalue weighted by atomic mass is 35.5. The highest BCUT2D eigenvalue weighted by molar-refractivity contribution is 6.20. The van der Waals surface area contributed by atoms with Crippen LogP contribution in [0.15, 0.2) is 95.2 Å². The number of amides is 1. The third-order valence-corrected chi connectivity index (χ3v) is 8.70. The van der Waals surface area contributed by atoms with Crippen molar-refractivity contribution >= 4 is 46.5 Å². The number of fused-ring (bicyclic) bond motifs is 1. The minimum absolute atomic E-state index is 0.110. The molecular weight excluding hydrogens is 642 g/mol. The minimum Gasteiger partial charge on any atom is -0.462 e. The number of ether oxygens (including phenoxy) is 2. The van der Waals surface area contributed by atoms with E-state index in [9.17, 15) is 19.5 Å². The van der Waals surface area contributed by atoms with E-state index < -0.39 is 35.5 Å². The number of alkyl halides is 1. The number of para-hydroxylation sites is 1. The molecule has 0 saturated carbocycles. The van der Waals surface area contributed by atoms with Crippen LogP contribution >= 0.6 is 11.6 Å². The van der Waals surface area contributed by atoms with Crippen LogP contribution in [0.5, 0.6) is 0 Å². The zero-order valence-corrected chi connectivity index (χ0v) is 29.2. The normalized spacial score (nSPS) is 18.2. The van der Waals surface area contributed by atoms with Gasteiger partial charge in [0.2, 0.25) is 0 Å². The maximum Gasteiger partial charge on any atom is 0.340 e. The molecule has 0 saturated heterocycles. The fourth-order valence-corrected chi connectivity index (χ4v) is 5.98. The van der Waals surface area contributed by atoms with E-state index in [1.54, 1.807) is 79.7 Å². The Labute approximate surface area is 293 Å². The Morgan fingerprint density at radius 3 is 2.31 bits per heavy atom. The topological polar surface area (TPSA) is 127 Å². The molecule has 10 heteroatoms. The largest absolute Gasteiger partial charge is 0.462 e. The van der Waals surface area contributed by atoms with Crippen LogP contribution in [0, 0.1) is 5.92 Å². The molecule has 0 radical (unpaired) electrons. The number of hydrogen-bond donors (Lipinski definition) is 2. The molecule has 0 spiro atoms. The Balaban J connectivity index is 1.75. The average Bonchev–Trinajstić information content (AvgIpc) is 3.10. The molecule has 1 aliphatic rings. The third-order valence-electron chi connectivity index (χ3n) is 8.48. The Morgan fingerprint density at radius 1 is 0.878 bits per heavy atom. The summed E-state index contributed by atoms with van der Waals surface area (Å²) in [6.07, 6.45) is 8.02. The number of esters is 2. The predicted molar refractivity (Wildman–Crippen MR) is 192 cm³/mol. The number of nitrogens with zero attached hydrogens (tertiary/aromatic N) is 2. The lowest BCUT2D eigenvalue weighted by atomic mass is 9.73. The first-order chi connectivity index (χ1) is 23.7. The number of rotatable bonds is 17. The molecule has 3 aromatic carbocycles. The molecule has 260 valence electrons. The molecule has 4 unspecified atom stereocenters. The standard InChI is InChI=1S/C39H46ClN3O6/c1-4-6-7-8-12-19-29(25-24-27(3)40)49-37(45)33-26-35(43-42-34-23-16-14-21-31(34)36(44)48-5-2)30-20-13-15-22-32(30)39(33,47)38(46)41-28-17-10-9-11-18-28/h9-11,13-18,20-23,26-27,29,33,47H,4-8,12,19,24-25H2,1-3H3,(H,41,46). The van der Waals surface area contributed by atoms with Gasteiger partial charge in [-0.05, 0) is 69.9 Å². The first-order valence-electron chi connectivity index (χ1n) is 17.1. The molecule has 0 aromatic heterocycles. The summed E-state index contributed by atoms with van der Waals surface area (Å²) in [5.41, 5.74) is -0.599. The van der Waals surface area contributed by atoms with Gasteiger partial charge in [0.05, 0.1) is 17.9 Å². The molecular formula is C39H46ClN3O6. The molecule has 9 nitrogen and oxygen atoms in total. The van der Waals surface area contributed by atoms with E-state index in [1.807, 2.05) is 13.0 Å². The Hall–Kier alpha value is -4.34. The van der Waals surface area contributed by atoms with Gasteiger partial charge in [0.1, 0.15) is 17.7 Å². The Bertz CT molecular complexity index is 1630. The summed E-state index contributed by atoms with van der Waals surface area (Å²) >= 11 is 6.29. The number of carbonyl (C=O) groups excluding carboxylic acids is 3. The van der Waals surface area contributed by atoms with Crippen molar-refractivity contribution in [2.75, 3.05) is 11.9 Å². The van der Waals surface area contributed by atoms with Crippen molar-refractivity contribution in [1.29, 1.82) is 0 Å². The van der Waals surface area contributed by atoms with Crippen molar-refractivity contribution in [3.8, 4) is 0 Å². The van der Waals surface area contributed by atoms with E-state index >= 15 is 0 Å². The second-order valence-corrected chi connectivity index (χ2v) is 13.0. The zero-order chi connectivity index (χ0) is 35.2. The van der Waals surface area contributed by atoms with E-state index in [0.29, 0.717) is 30.5 Å². The number of nitrogens with one attached hydrogen (secondary N) is 1. The van der Waals surface area contributed by atoms with Crippen molar-refractivity contribution in [3.63, 3.8) is 0 Å². The molecule has 0 fully saturated rings. The van der Waals surface area contributed by atoms with Gasteiger partial charge in [-0.25, -0.2) is 4.79 Å². The maximum atomic E-state index is 14.2. The first kappa shape index (κ1) is 37.5. The second kappa shape index (κ2) is 18.4. The summed E-state index contributed by atoms with van der Waals surface area (Å²) in [6.45, 7) is 5.96. The summed E-state index contributed by atoms with van der Waals surface area (Å²) in [7, 11) is 0. The van der Waals surface area contributed by atoms with Crippen LogP contribution < -0.4 is 5.32 Å². The molecule has 0 heterocycles. The van der Waals surface area contributed by atoms with Gasteiger partial charge >= 0.3 is 11.9 Å². The van der Waals surface area contributed by atoms with E-state index in [0.717, 1.165) is 32.1 Å². The summed E-state index contributed by atoms with van der Waals surface area (Å²) in [4.78, 5) is 40.9. The van der Waals surface area contributed by atoms with Crippen LogP contribution in [0.3, 0.4) is 0 Å². The molecule has 0 aliphatic heterocycles. The molecule has 1 aliphatic carbocycles. The lowest BCUT2D eigenvalue weighted by Gasteiger charge is -2.37. The number of anilines is 1. The number of azo groups is 1. The van der Waals surface area contributed by atoms with Gasteiger partial charge < -0.3 is 19.9 Å². The molecule has 2 N–H and O–H groups in total. The van der Waals surface area contributed by atoms with Gasteiger partial charge in [-0.15, -0.1) is 16.7 Å². The van der Waals surface area contributed by atoms with E-state index in [1.165, 1.54) is 6.08 Å². The summed E-state index contributed by atoms with van der Waals surface area (Å²) in [5, 5.41) is 24.0. The Morgan fingerprint density at radius 2 is 1.57 bits per heavy atom. The van der Waals surface area contributed by atoms with Crippen molar-refractivity contribution in [2.24, 2.45) is 16.1 Å². The molecule has 49 heavy (non-hydrogen) atoms. The smallest absolute Gasteiger partial charge is 0.340 e. The Kier molecular flexibility index (Phi) is 14.1. The summed E-state index contributed by atoms with van der Waals surface area (Å²) in [5.74, 6) is -3.58. The highest BCUT2D eigenvalue weighted by Gasteiger charge is 2.53. The lowest BCUT2D eigenvalue weighted by Crippen LogP contribution is -2.51. The number of carbonyl (C=O) groups is 3. The summed E-state index contributed by atoms with van der Waals surface area (Å²) in [6, 6.07) is 22.1. The van der Waals surface area contributed by atoms with Gasteiger partial charge in [-0.1, -0.05) is 87.2 Å². The predicted octanol–water partition coefficient (Wildman–Crippen LogP) is 9.12. The third kappa shape index (κ3) is 9.86. The monoisotopic (exact) mass is 687 g/mol. The van der Waals surface area contributed by atoms with Crippen molar-refractivity contribution < 1.29 is 29.0 Å². The van der Waals surface area contributed by atoms with Crippen molar-refractivity contribution in [1.82, 2.24) is 0 Å². The van der Waals surface area contributed by atoms with E-state index in [-0.39, 0.29) is 34.5 Å². The van der Waals surface area contributed by atoms with Gasteiger partial charge in [0.15, 0.2) is 5.60 Å². The fraction of sp³-hybridized carbons (Fsp3) is 0.410. The lowest BCUT2D eigenvalue weighted by molar-refractivity contribution is -0.167. The molecule has 4 rings (SSSR count). The molecule has 4 atom stereocenters. The van der Waals surface area contributed by atoms with Gasteiger partial charge in [0.25, 0.3) is 5.91 Å². The number of aliphatic hydroxyl groups is 1. The number of benzene rings is 3. The van der Waals surface area contributed by atoms with Gasteiger partial charge in [0, 0.05) is 22.2 Å². The molecule has 3 aromatic rings. The van der Waals surface area contributed by atoms with Crippen LogP contribution in [-0.2, 0) is 24.7 Å². The number of halogens is 1. The second-order valence-electron chi connectivity index (χ2n) is 12.2. The van der Waals surface area contributed by atoms with E-state index in [2.05, 4.69) is 22.5 Å². The average molecular weight is 688 g/mol. The maximum absolute atomic E-state index is 14.2. The van der Waals surface area contributed by atoms with Crippen LogP contribution in [0.1, 0.15) is 93.6 Å². The van der Waals surface area contributed by atoms with Gasteiger partial charge in [-0.3, -0.25) is 9.59 Å². The zero-order valence-electron chi connectivity index (χ0n) is 28.4. The van der Waals surface area contributed by atoms with Crippen molar-refractivity contribution in [2.45, 2.75) is 89.2 Å². The SMILES string of the molecule is CCCCCCCC(CCC(C)Cl)OC(=O)C1C=C(N=Nc2ccccc2C(=O)OCC)c2ccccc2C1(O)C(=O)Nc1ccccc1. The van der Waals surface area contributed by atoms with Crippen LogP contribution in [0.2, 0.25) is 0 Å². The first-order valence-corrected chi connectivity index (χ1v) is 17.6. The molecule has 1 amide bonds. The van der Waals surface area contributed by atoms with Crippen LogP contribution in [-0.4, -0.2) is 41.0 Å². The van der Waals surface area contributed by atoms with Crippen molar-refractivity contribution in [3.05, 3.63) is 102 Å². The quantitative estimate of drug-likeness (QED) is 0.0631. The van der Waals surface area contributed by atoms with Crippen LogP contribution in [0.4, 0.5) is 11.4 Å². The van der Waals surface area contributed by atoms with Gasteiger partial charge in [-0.2, -0.15) is 5.11 Å². The van der Waals surface area contributed by atoms with Crippen LogP contribution in [0.25, 0.3) is 5.70 Å². The fourth-order valence-electron chi connectivity index (χ4n) is 5.85.